The lowest BCUT2D eigenvalue weighted by Gasteiger charge is -2.41. The van der Waals surface area contributed by atoms with Gasteiger partial charge in [0.1, 0.15) is 7.28 Å². The van der Waals surface area contributed by atoms with Crippen LogP contribution in [0.25, 0.3) is 0 Å². The molecule has 3 aliphatic rings. The zero-order valence-corrected chi connectivity index (χ0v) is 12.5. The van der Waals surface area contributed by atoms with Gasteiger partial charge in [-0.05, 0) is 25.2 Å². The van der Waals surface area contributed by atoms with E-state index in [1.165, 1.54) is 30.7 Å². The first-order chi connectivity index (χ1) is 8.12. The summed E-state index contributed by atoms with van der Waals surface area (Å²) in [7, 11) is 4.82. The van der Waals surface area contributed by atoms with E-state index in [0.717, 1.165) is 24.2 Å². The standard InChI is InChI=1S/C12H19BNS.C2H6/c1-12-7-3-4-9-8(11(12)13-12)5-6-10(15)14(9)2;1-2/h8-9,11H,3-7H2,1-2H3;1-2H3. The summed E-state index contributed by atoms with van der Waals surface area (Å²) in [6.45, 7) is 6.45. The predicted octanol–water partition coefficient (Wildman–Crippen LogP) is 3.92. The lowest BCUT2D eigenvalue weighted by Crippen LogP contribution is -2.45. The maximum atomic E-state index is 5.44. The van der Waals surface area contributed by atoms with Gasteiger partial charge >= 0.3 is 0 Å². The minimum atomic E-state index is 0.596. The lowest BCUT2D eigenvalue weighted by atomic mass is 9.77. The van der Waals surface area contributed by atoms with Gasteiger partial charge in [0.2, 0.25) is 0 Å². The molecule has 0 bridgehead atoms. The Hall–Kier alpha value is -0.0451. The average molecular weight is 250 g/mol. The van der Waals surface area contributed by atoms with Crippen LogP contribution in [0.4, 0.5) is 0 Å². The van der Waals surface area contributed by atoms with Crippen molar-refractivity contribution in [2.75, 3.05) is 7.05 Å². The molecule has 17 heavy (non-hydrogen) atoms. The molecule has 2 aliphatic heterocycles. The van der Waals surface area contributed by atoms with Gasteiger partial charge in [0.05, 0.1) is 4.99 Å². The van der Waals surface area contributed by atoms with Gasteiger partial charge in [-0.15, -0.1) is 0 Å². The zero-order chi connectivity index (χ0) is 12.6. The van der Waals surface area contributed by atoms with Gasteiger partial charge in [0.25, 0.3) is 0 Å². The van der Waals surface area contributed by atoms with E-state index < -0.39 is 0 Å². The first-order valence-electron chi connectivity index (χ1n) is 7.23. The van der Waals surface area contributed by atoms with Gasteiger partial charge in [-0.2, -0.15) is 0 Å². The van der Waals surface area contributed by atoms with Gasteiger partial charge in [-0.3, -0.25) is 0 Å². The normalized spacial score (nSPS) is 43.4. The second-order valence-electron chi connectivity index (χ2n) is 5.87. The van der Waals surface area contributed by atoms with Crippen molar-refractivity contribution in [2.24, 2.45) is 5.92 Å². The molecule has 3 fully saturated rings. The number of likely N-dealkylation sites (tertiary alicyclic amines) is 1. The van der Waals surface area contributed by atoms with E-state index in [4.69, 9.17) is 12.2 Å². The highest BCUT2D eigenvalue weighted by Crippen LogP contribution is 2.67. The van der Waals surface area contributed by atoms with Crippen LogP contribution >= 0.6 is 12.2 Å². The van der Waals surface area contributed by atoms with E-state index in [1.807, 2.05) is 13.8 Å². The fourth-order valence-corrected chi connectivity index (χ4v) is 4.13. The third-order valence-corrected chi connectivity index (χ3v) is 5.46. The number of hydrogen-bond donors (Lipinski definition) is 0. The number of rotatable bonds is 0. The van der Waals surface area contributed by atoms with Crippen molar-refractivity contribution < 1.29 is 0 Å². The molecule has 0 spiro atoms. The molecule has 1 radical (unpaired) electrons. The van der Waals surface area contributed by atoms with Crippen molar-refractivity contribution in [2.45, 2.75) is 70.0 Å². The summed E-state index contributed by atoms with van der Waals surface area (Å²) in [6.07, 6.45) is 6.64. The third kappa shape index (κ3) is 2.28. The SMILES string of the molecule is CC.CN1C(=S)CCC2C1CCCC1(C)[B]C21. The number of piperidine rings is 1. The summed E-state index contributed by atoms with van der Waals surface area (Å²) in [4.78, 5) is 3.60. The zero-order valence-electron chi connectivity index (χ0n) is 11.7. The highest BCUT2D eigenvalue weighted by Gasteiger charge is 2.57. The largest absolute Gasteiger partial charge is 0.366 e. The Morgan fingerprint density at radius 1 is 1.35 bits per heavy atom. The molecule has 1 nitrogen and oxygen atoms in total. The quantitative estimate of drug-likeness (QED) is 0.473. The molecule has 1 saturated carbocycles. The van der Waals surface area contributed by atoms with Gasteiger partial charge < -0.3 is 4.90 Å². The number of fused-ring (bicyclic) bond motifs is 3. The minimum Gasteiger partial charge on any atom is -0.366 e. The van der Waals surface area contributed by atoms with Crippen LogP contribution in [0, 0.1) is 5.92 Å². The highest BCUT2D eigenvalue weighted by molar-refractivity contribution is 7.80. The Morgan fingerprint density at radius 3 is 2.76 bits per heavy atom. The molecule has 2 heterocycles. The lowest BCUT2D eigenvalue weighted by molar-refractivity contribution is 0.214. The molecule has 4 atom stereocenters. The fourth-order valence-electron chi connectivity index (χ4n) is 3.87. The van der Waals surface area contributed by atoms with Crippen molar-refractivity contribution in [1.82, 2.24) is 4.90 Å². The van der Waals surface area contributed by atoms with Crippen LogP contribution in [-0.2, 0) is 0 Å². The van der Waals surface area contributed by atoms with Crippen molar-refractivity contribution in [3.8, 4) is 0 Å². The first kappa shape index (κ1) is 13.4. The molecule has 0 aromatic heterocycles. The highest BCUT2D eigenvalue weighted by atomic mass is 32.1. The maximum absolute atomic E-state index is 5.44. The molecule has 4 unspecified atom stereocenters. The van der Waals surface area contributed by atoms with Crippen LogP contribution in [0.15, 0.2) is 0 Å². The molecule has 0 aromatic rings. The van der Waals surface area contributed by atoms with Gasteiger partial charge in [-0.1, -0.05) is 57.0 Å². The Labute approximate surface area is 113 Å². The fraction of sp³-hybridized carbons (Fsp3) is 0.929. The van der Waals surface area contributed by atoms with E-state index in [-0.39, 0.29) is 0 Å². The van der Waals surface area contributed by atoms with E-state index in [1.54, 1.807) is 0 Å². The van der Waals surface area contributed by atoms with Gasteiger partial charge in [-0.25, -0.2) is 0 Å². The van der Waals surface area contributed by atoms with Crippen LogP contribution in [0.1, 0.15) is 52.9 Å². The molecule has 95 valence electrons. The molecular weight excluding hydrogens is 225 g/mol. The van der Waals surface area contributed by atoms with Crippen LogP contribution in [-0.4, -0.2) is 30.3 Å². The van der Waals surface area contributed by atoms with Crippen LogP contribution in [0.2, 0.25) is 11.1 Å². The Bertz CT molecular complexity index is 307. The molecular formula is C14H25BNS. The number of nitrogens with zero attached hydrogens (tertiary/aromatic N) is 1. The molecule has 3 rings (SSSR count). The van der Waals surface area contributed by atoms with Gasteiger partial charge in [0, 0.05) is 13.1 Å². The third-order valence-electron chi connectivity index (χ3n) is 4.97. The second-order valence-corrected chi connectivity index (χ2v) is 6.34. The second kappa shape index (κ2) is 4.91. The summed E-state index contributed by atoms with van der Waals surface area (Å²) < 4.78 is 0. The minimum absolute atomic E-state index is 0.596. The summed E-state index contributed by atoms with van der Waals surface area (Å²) in [5, 5.41) is 0.596. The van der Waals surface area contributed by atoms with Crippen LogP contribution < -0.4 is 0 Å². The monoisotopic (exact) mass is 250 g/mol. The Kier molecular flexibility index (Phi) is 3.87. The number of hydrogen-bond acceptors (Lipinski definition) is 1. The summed E-state index contributed by atoms with van der Waals surface area (Å²) in [5.74, 6) is 1.80. The topological polar surface area (TPSA) is 3.24 Å². The van der Waals surface area contributed by atoms with Crippen LogP contribution in [0.5, 0.6) is 0 Å². The molecule has 0 amide bonds. The Balaban J connectivity index is 0.000000514. The summed E-state index contributed by atoms with van der Waals surface area (Å²) in [6, 6.07) is 0.747. The number of thiocarbonyl (C=S) groups is 1. The summed E-state index contributed by atoms with van der Waals surface area (Å²) in [5.41, 5.74) is 0. The summed E-state index contributed by atoms with van der Waals surface area (Å²) >= 11 is 5.44. The van der Waals surface area contributed by atoms with E-state index in [9.17, 15) is 0 Å². The molecule has 1 aliphatic carbocycles. The van der Waals surface area contributed by atoms with Crippen molar-refractivity contribution in [3.63, 3.8) is 0 Å². The molecule has 2 saturated heterocycles. The first-order valence-corrected chi connectivity index (χ1v) is 7.64. The van der Waals surface area contributed by atoms with E-state index in [2.05, 4.69) is 26.2 Å². The molecule has 0 aromatic carbocycles. The maximum Gasteiger partial charge on any atom is 0.121 e. The molecule has 3 heteroatoms. The van der Waals surface area contributed by atoms with E-state index >= 15 is 0 Å². The van der Waals surface area contributed by atoms with Crippen LogP contribution in [0.3, 0.4) is 0 Å². The average Bonchev–Trinajstić information content (AvgIpc) is 3.00. The molecule has 0 N–H and O–H groups in total. The van der Waals surface area contributed by atoms with E-state index in [0.29, 0.717) is 5.31 Å². The predicted molar refractivity (Wildman–Crippen MR) is 79.9 cm³/mol. The van der Waals surface area contributed by atoms with Crippen molar-refractivity contribution in [3.05, 3.63) is 0 Å². The van der Waals surface area contributed by atoms with Crippen molar-refractivity contribution in [1.29, 1.82) is 0 Å². The van der Waals surface area contributed by atoms with Gasteiger partial charge in [0.15, 0.2) is 0 Å². The smallest absolute Gasteiger partial charge is 0.121 e. The Morgan fingerprint density at radius 2 is 2.06 bits per heavy atom. The van der Waals surface area contributed by atoms with Crippen molar-refractivity contribution >= 4 is 24.5 Å².